The maximum Gasteiger partial charge on any atom is 0.347 e. The smallest absolute Gasteiger partial charge is 0.347 e. The first-order valence-electron chi connectivity index (χ1n) is 7.89. The van der Waals surface area contributed by atoms with Gasteiger partial charge in [-0.1, -0.05) is 44.9 Å². The Balaban J connectivity index is 1.94. The summed E-state index contributed by atoms with van der Waals surface area (Å²) in [5.41, 5.74) is 0.503. The van der Waals surface area contributed by atoms with Gasteiger partial charge >= 0.3 is 5.97 Å². The van der Waals surface area contributed by atoms with Crippen molar-refractivity contribution < 1.29 is 9.90 Å². The van der Waals surface area contributed by atoms with E-state index in [4.69, 9.17) is 4.98 Å². The molecule has 0 radical (unpaired) electrons. The number of nitrogens with zero attached hydrogens (tertiary/aromatic N) is 2. The molecule has 1 saturated carbocycles. The van der Waals surface area contributed by atoms with Gasteiger partial charge in [-0.15, -0.1) is 0 Å². The molecule has 0 bridgehead atoms. The molecule has 1 aromatic rings. The second-order valence-electron chi connectivity index (χ2n) is 7.32. The van der Waals surface area contributed by atoms with Crippen molar-refractivity contribution in [2.75, 3.05) is 11.4 Å². The van der Waals surface area contributed by atoms with Crippen LogP contribution < -0.4 is 4.90 Å². The van der Waals surface area contributed by atoms with Gasteiger partial charge in [0.15, 0.2) is 5.13 Å². The van der Waals surface area contributed by atoms with Crippen molar-refractivity contribution >= 4 is 22.4 Å². The Morgan fingerprint density at radius 2 is 2.00 bits per heavy atom. The highest BCUT2D eigenvalue weighted by Gasteiger charge is 2.38. The van der Waals surface area contributed by atoms with Crippen LogP contribution in [0.1, 0.15) is 68.2 Å². The molecule has 3 rings (SSSR count). The molecule has 2 fully saturated rings. The first-order valence-corrected chi connectivity index (χ1v) is 8.71. The first kappa shape index (κ1) is 14.8. The van der Waals surface area contributed by atoms with Crippen molar-refractivity contribution in [3.05, 3.63) is 10.6 Å². The van der Waals surface area contributed by atoms with Crippen LogP contribution in [-0.2, 0) is 5.41 Å². The molecule has 21 heavy (non-hydrogen) atoms. The number of hydrogen-bond acceptors (Lipinski definition) is 4. The van der Waals surface area contributed by atoms with Crippen molar-refractivity contribution in [3.8, 4) is 0 Å². The fourth-order valence-electron chi connectivity index (χ4n) is 3.73. The number of fused-ring (bicyclic) bond motifs is 1. The maximum atomic E-state index is 11.5. The summed E-state index contributed by atoms with van der Waals surface area (Å²) in [6.45, 7) is 7.13. The Kier molecular flexibility index (Phi) is 3.72. The van der Waals surface area contributed by atoms with E-state index in [0.717, 1.165) is 23.3 Å². The highest BCUT2D eigenvalue weighted by Crippen LogP contribution is 2.42. The van der Waals surface area contributed by atoms with Crippen molar-refractivity contribution in [1.82, 2.24) is 4.98 Å². The minimum atomic E-state index is -0.844. The predicted molar refractivity (Wildman–Crippen MR) is 85.5 cm³/mol. The molecule has 1 aromatic heterocycles. The van der Waals surface area contributed by atoms with Crippen molar-refractivity contribution in [3.63, 3.8) is 0 Å². The first-order chi connectivity index (χ1) is 9.88. The summed E-state index contributed by atoms with van der Waals surface area (Å²) in [4.78, 5) is 19.1. The van der Waals surface area contributed by atoms with E-state index in [1.165, 1.54) is 43.4 Å². The monoisotopic (exact) mass is 308 g/mol. The SMILES string of the molecule is CC(C)(C)c1nc(N2CCC3CCCCC32)sc1C(=O)O. The lowest BCUT2D eigenvalue weighted by atomic mass is 9.85. The quantitative estimate of drug-likeness (QED) is 0.900. The molecule has 1 aliphatic heterocycles. The minimum Gasteiger partial charge on any atom is -0.477 e. The maximum absolute atomic E-state index is 11.5. The van der Waals surface area contributed by atoms with Crippen LogP contribution >= 0.6 is 11.3 Å². The van der Waals surface area contributed by atoms with E-state index in [1.807, 2.05) is 20.8 Å². The molecule has 0 spiro atoms. The summed E-state index contributed by atoms with van der Waals surface area (Å²) in [7, 11) is 0. The number of carboxylic acids is 1. The fraction of sp³-hybridized carbons (Fsp3) is 0.750. The van der Waals surface area contributed by atoms with Crippen LogP contribution in [0.25, 0.3) is 0 Å². The molecular weight excluding hydrogens is 284 g/mol. The number of aromatic nitrogens is 1. The number of carbonyl (C=O) groups is 1. The number of aromatic carboxylic acids is 1. The van der Waals surface area contributed by atoms with Gasteiger partial charge in [0.05, 0.1) is 5.69 Å². The van der Waals surface area contributed by atoms with Crippen LogP contribution in [-0.4, -0.2) is 28.6 Å². The fourth-order valence-corrected chi connectivity index (χ4v) is 4.93. The van der Waals surface area contributed by atoms with E-state index in [-0.39, 0.29) is 5.41 Å². The lowest BCUT2D eigenvalue weighted by Gasteiger charge is -2.31. The van der Waals surface area contributed by atoms with Gasteiger partial charge in [0.2, 0.25) is 0 Å². The molecule has 2 heterocycles. The molecule has 4 nitrogen and oxygen atoms in total. The van der Waals surface area contributed by atoms with Crippen molar-refractivity contribution in [2.24, 2.45) is 5.92 Å². The van der Waals surface area contributed by atoms with E-state index in [9.17, 15) is 9.90 Å². The number of rotatable bonds is 2. The van der Waals surface area contributed by atoms with Gasteiger partial charge in [-0.05, 0) is 25.2 Å². The molecule has 1 saturated heterocycles. The molecule has 116 valence electrons. The summed E-state index contributed by atoms with van der Waals surface area (Å²) >= 11 is 1.36. The Labute approximate surface area is 130 Å². The van der Waals surface area contributed by atoms with Gasteiger partial charge in [-0.3, -0.25) is 0 Å². The van der Waals surface area contributed by atoms with Crippen LogP contribution in [0.3, 0.4) is 0 Å². The average molecular weight is 308 g/mol. The summed E-state index contributed by atoms with van der Waals surface area (Å²) in [6, 6.07) is 0.583. The van der Waals surface area contributed by atoms with Crippen LogP contribution in [0.2, 0.25) is 0 Å². The summed E-state index contributed by atoms with van der Waals surface area (Å²) in [6.07, 6.45) is 6.43. The summed E-state index contributed by atoms with van der Waals surface area (Å²) in [5.74, 6) is -0.0583. The third-order valence-corrected chi connectivity index (χ3v) is 5.86. The Bertz CT molecular complexity index is 547. The van der Waals surface area contributed by atoms with Gasteiger partial charge in [-0.25, -0.2) is 9.78 Å². The molecular formula is C16H24N2O2S. The zero-order valence-electron chi connectivity index (χ0n) is 13.1. The highest BCUT2D eigenvalue weighted by molar-refractivity contribution is 7.17. The molecule has 0 amide bonds. The molecule has 0 aromatic carbocycles. The third kappa shape index (κ3) is 2.68. The van der Waals surface area contributed by atoms with Gasteiger partial charge < -0.3 is 10.0 Å². The second kappa shape index (κ2) is 5.27. The topological polar surface area (TPSA) is 53.4 Å². The predicted octanol–water partition coefficient (Wildman–Crippen LogP) is 3.91. The average Bonchev–Trinajstić information content (AvgIpc) is 3.01. The van der Waals surface area contributed by atoms with Crippen molar-refractivity contribution in [1.29, 1.82) is 0 Å². The van der Waals surface area contributed by atoms with Gasteiger partial charge in [0, 0.05) is 18.0 Å². The van der Waals surface area contributed by atoms with Crippen LogP contribution in [0.4, 0.5) is 5.13 Å². The van der Waals surface area contributed by atoms with E-state index in [0.29, 0.717) is 10.9 Å². The second-order valence-corrected chi connectivity index (χ2v) is 8.30. The Morgan fingerprint density at radius 1 is 1.29 bits per heavy atom. The number of hydrogen-bond donors (Lipinski definition) is 1. The van der Waals surface area contributed by atoms with Gasteiger partial charge in [0.25, 0.3) is 0 Å². The van der Waals surface area contributed by atoms with Crippen LogP contribution in [0, 0.1) is 5.92 Å². The minimum absolute atomic E-state index is 0.228. The zero-order valence-corrected chi connectivity index (χ0v) is 13.9. The third-order valence-electron chi connectivity index (χ3n) is 4.78. The van der Waals surface area contributed by atoms with Crippen molar-refractivity contribution in [2.45, 2.75) is 64.3 Å². The van der Waals surface area contributed by atoms with Gasteiger partial charge in [-0.2, -0.15) is 0 Å². The number of thiazole rings is 1. The summed E-state index contributed by atoms with van der Waals surface area (Å²) in [5, 5.41) is 10.4. The Morgan fingerprint density at radius 3 is 2.62 bits per heavy atom. The molecule has 1 N–H and O–H groups in total. The molecule has 5 heteroatoms. The lowest BCUT2D eigenvalue weighted by molar-refractivity contribution is 0.0699. The van der Waals surface area contributed by atoms with E-state index in [1.54, 1.807) is 0 Å². The Hall–Kier alpha value is -1.10. The van der Waals surface area contributed by atoms with E-state index < -0.39 is 5.97 Å². The normalized spacial score (nSPS) is 26.0. The molecule has 2 unspecified atom stereocenters. The highest BCUT2D eigenvalue weighted by atomic mass is 32.1. The largest absolute Gasteiger partial charge is 0.477 e. The number of anilines is 1. The van der Waals surface area contributed by atoms with E-state index >= 15 is 0 Å². The van der Waals surface area contributed by atoms with Gasteiger partial charge in [0.1, 0.15) is 4.88 Å². The van der Waals surface area contributed by atoms with Crippen LogP contribution in [0.15, 0.2) is 0 Å². The lowest BCUT2D eigenvalue weighted by Crippen LogP contribution is -2.34. The van der Waals surface area contributed by atoms with E-state index in [2.05, 4.69) is 4.90 Å². The number of carboxylic acid groups (broad SMARTS) is 1. The van der Waals surface area contributed by atoms with Crippen LogP contribution in [0.5, 0.6) is 0 Å². The molecule has 2 aliphatic rings. The summed E-state index contributed by atoms with van der Waals surface area (Å²) < 4.78 is 0. The molecule has 1 aliphatic carbocycles. The zero-order chi connectivity index (χ0) is 15.2. The molecule has 2 atom stereocenters. The standard InChI is InChI=1S/C16H24N2O2S/c1-16(2,3)13-12(14(19)20)21-15(17-13)18-9-8-10-6-4-5-7-11(10)18/h10-11H,4-9H2,1-3H3,(H,19,20).